The van der Waals surface area contributed by atoms with Gasteiger partial charge in [-0.15, -0.1) is 0 Å². The lowest BCUT2D eigenvalue weighted by Crippen LogP contribution is -2.36. The van der Waals surface area contributed by atoms with Gasteiger partial charge >= 0.3 is 6.18 Å². The lowest BCUT2D eigenvalue weighted by molar-refractivity contribution is -0.137. The van der Waals surface area contributed by atoms with E-state index in [-0.39, 0.29) is 27.7 Å². The second kappa shape index (κ2) is 8.81. The minimum atomic E-state index is -4.50. The number of anilines is 1. The zero-order valence-electron chi connectivity index (χ0n) is 17.1. The van der Waals surface area contributed by atoms with Gasteiger partial charge in [0.1, 0.15) is 0 Å². The summed E-state index contributed by atoms with van der Waals surface area (Å²) in [6, 6.07) is 15.3. The Kier molecular flexibility index (Phi) is 6.22. The molecule has 1 amide bonds. The van der Waals surface area contributed by atoms with Crippen LogP contribution in [0.25, 0.3) is 0 Å². The van der Waals surface area contributed by atoms with E-state index in [1.54, 1.807) is 0 Å². The molecule has 1 aliphatic heterocycles. The van der Waals surface area contributed by atoms with Crippen molar-refractivity contribution in [2.75, 3.05) is 11.9 Å². The van der Waals surface area contributed by atoms with Crippen molar-refractivity contribution in [1.29, 1.82) is 0 Å². The summed E-state index contributed by atoms with van der Waals surface area (Å²) in [6.45, 7) is 0.517. The number of amides is 1. The van der Waals surface area contributed by atoms with E-state index in [9.17, 15) is 26.4 Å². The molecule has 10 heteroatoms. The molecule has 0 atom stereocenters. The van der Waals surface area contributed by atoms with Crippen LogP contribution in [0.5, 0.6) is 0 Å². The third-order valence-electron chi connectivity index (χ3n) is 5.39. The molecule has 0 aromatic heterocycles. The summed E-state index contributed by atoms with van der Waals surface area (Å²) in [7, 11) is -3.90. The standard InChI is InChI=1S/C23H18ClF3N2O3S/c24-21-10-9-19(33(31,32)29-12-11-15-3-1-2-4-16(15)14-29)13-20(21)22(30)28-18-7-5-17(6-8-18)23(25,26)27/h1-10,13H,11-12,14H2,(H,28,30). The number of carbonyl (C=O) groups excluding carboxylic acids is 1. The van der Waals surface area contributed by atoms with E-state index < -0.39 is 27.7 Å². The van der Waals surface area contributed by atoms with Crippen LogP contribution in [-0.2, 0) is 29.2 Å². The first kappa shape index (κ1) is 23.3. The largest absolute Gasteiger partial charge is 0.416 e. The Morgan fingerprint density at radius 2 is 1.64 bits per heavy atom. The number of halogens is 4. The van der Waals surface area contributed by atoms with Crippen LogP contribution in [0.4, 0.5) is 18.9 Å². The number of fused-ring (bicyclic) bond motifs is 1. The topological polar surface area (TPSA) is 66.5 Å². The minimum Gasteiger partial charge on any atom is -0.322 e. The molecule has 0 spiro atoms. The summed E-state index contributed by atoms with van der Waals surface area (Å²) in [5.74, 6) is -0.735. The maximum atomic E-state index is 13.2. The van der Waals surface area contributed by atoms with Gasteiger partial charge in [0.2, 0.25) is 10.0 Å². The summed E-state index contributed by atoms with van der Waals surface area (Å²) in [6.07, 6.45) is -3.92. The Labute approximate surface area is 193 Å². The molecule has 5 nitrogen and oxygen atoms in total. The first-order valence-corrected chi connectivity index (χ1v) is 11.7. The molecular formula is C23H18ClF3N2O3S. The molecule has 33 heavy (non-hydrogen) atoms. The molecule has 4 rings (SSSR count). The molecule has 3 aromatic carbocycles. The highest BCUT2D eigenvalue weighted by atomic mass is 35.5. The van der Waals surface area contributed by atoms with Crippen molar-refractivity contribution in [3.05, 3.63) is 94.0 Å². The van der Waals surface area contributed by atoms with Gasteiger partial charge in [0.25, 0.3) is 5.91 Å². The molecular weight excluding hydrogens is 477 g/mol. The van der Waals surface area contributed by atoms with Crippen molar-refractivity contribution < 1.29 is 26.4 Å². The number of benzene rings is 3. The van der Waals surface area contributed by atoms with Crippen LogP contribution in [0.2, 0.25) is 5.02 Å². The predicted octanol–water partition coefficient (Wildman–Crippen LogP) is 5.36. The van der Waals surface area contributed by atoms with E-state index in [4.69, 9.17) is 11.6 Å². The third-order valence-corrected chi connectivity index (χ3v) is 7.56. The van der Waals surface area contributed by atoms with E-state index in [1.807, 2.05) is 24.3 Å². The van der Waals surface area contributed by atoms with Crippen molar-refractivity contribution in [2.24, 2.45) is 0 Å². The van der Waals surface area contributed by atoms with Crippen LogP contribution in [0, 0.1) is 0 Å². The van der Waals surface area contributed by atoms with Crippen molar-refractivity contribution >= 4 is 33.2 Å². The molecule has 0 saturated carbocycles. The lowest BCUT2D eigenvalue weighted by atomic mass is 10.0. The third kappa shape index (κ3) is 4.90. The number of hydrogen-bond acceptors (Lipinski definition) is 3. The highest BCUT2D eigenvalue weighted by Crippen LogP contribution is 2.31. The Morgan fingerprint density at radius 1 is 0.970 bits per heavy atom. The number of sulfonamides is 1. The van der Waals surface area contributed by atoms with Crippen LogP contribution in [0.15, 0.2) is 71.6 Å². The van der Waals surface area contributed by atoms with Gasteiger partial charge in [0.15, 0.2) is 0 Å². The quantitative estimate of drug-likeness (QED) is 0.531. The Bertz CT molecular complexity index is 1310. The van der Waals surface area contributed by atoms with E-state index in [2.05, 4.69) is 5.32 Å². The van der Waals surface area contributed by atoms with Gasteiger partial charge < -0.3 is 5.32 Å². The molecule has 1 N–H and O–H groups in total. The Morgan fingerprint density at radius 3 is 2.30 bits per heavy atom. The van der Waals surface area contributed by atoms with Gasteiger partial charge in [0, 0.05) is 18.8 Å². The van der Waals surface area contributed by atoms with E-state index in [0.29, 0.717) is 13.0 Å². The van der Waals surface area contributed by atoms with Gasteiger partial charge in [-0.05, 0) is 60.0 Å². The number of alkyl halides is 3. The number of carbonyl (C=O) groups is 1. The molecule has 0 unspecified atom stereocenters. The zero-order chi connectivity index (χ0) is 23.8. The maximum Gasteiger partial charge on any atom is 0.416 e. The molecule has 172 valence electrons. The number of hydrogen-bond donors (Lipinski definition) is 1. The van der Waals surface area contributed by atoms with Crippen molar-refractivity contribution in [3.8, 4) is 0 Å². The van der Waals surface area contributed by atoms with Crippen LogP contribution in [0.3, 0.4) is 0 Å². The summed E-state index contributed by atoms with van der Waals surface area (Å²) in [4.78, 5) is 12.6. The fourth-order valence-electron chi connectivity index (χ4n) is 3.60. The highest BCUT2D eigenvalue weighted by molar-refractivity contribution is 7.89. The predicted molar refractivity (Wildman–Crippen MR) is 119 cm³/mol. The lowest BCUT2D eigenvalue weighted by Gasteiger charge is -2.28. The SMILES string of the molecule is O=C(Nc1ccc(C(F)(F)F)cc1)c1cc(S(=O)(=O)N2CCc3ccccc3C2)ccc1Cl. The molecule has 0 radical (unpaired) electrons. The highest BCUT2D eigenvalue weighted by Gasteiger charge is 2.31. The first-order valence-electron chi connectivity index (χ1n) is 9.91. The fourth-order valence-corrected chi connectivity index (χ4v) is 5.25. The molecule has 1 heterocycles. The number of nitrogens with zero attached hydrogens (tertiary/aromatic N) is 1. The smallest absolute Gasteiger partial charge is 0.322 e. The second-order valence-electron chi connectivity index (χ2n) is 7.53. The maximum absolute atomic E-state index is 13.2. The summed E-state index contributed by atoms with van der Waals surface area (Å²) < 4.78 is 66.0. The molecule has 0 saturated heterocycles. The molecule has 0 bridgehead atoms. The molecule has 3 aromatic rings. The van der Waals surface area contributed by atoms with Gasteiger partial charge in [-0.1, -0.05) is 35.9 Å². The average Bonchev–Trinajstić information content (AvgIpc) is 2.78. The molecule has 1 aliphatic rings. The summed E-state index contributed by atoms with van der Waals surface area (Å²) in [5.41, 5.74) is 1.17. The molecule has 0 aliphatic carbocycles. The van der Waals surface area contributed by atoms with Gasteiger partial charge in [-0.2, -0.15) is 17.5 Å². The summed E-state index contributed by atoms with van der Waals surface area (Å²) >= 11 is 6.13. The summed E-state index contributed by atoms with van der Waals surface area (Å²) in [5, 5.41) is 2.47. The van der Waals surface area contributed by atoms with Crippen LogP contribution >= 0.6 is 11.6 Å². The first-order chi connectivity index (χ1) is 15.6. The Balaban J connectivity index is 1.57. The van der Waals surface area contributed by atoms with Crippen LogP contribution in [0.1, 0.15) is 27.0 Å². The Hall–Kier alpha value is -2.88. The normalized spacial score (nSPS) is 14.5. The van der Waals surface area contributed by atoms with Crippen molar-refractivity contribution in [1.82, 2.24) is 4.31 Å². The van der Waals surface area contributed by atoms with Gasteiger partial charge in [0.05, 0.1) is 21.0 Å². The molecule has 0 fully saturated rings. The fraction of sp³-hybridized carbons (Fsp3) is 0.174. The van der Waals surface area contributed by atoms with Crippen molar-refractivity contribution in [2.45, 2.75) is 24.0 Å². The monoisotopic (exact) mass is 494 g/mol. The van der Waals surface area contributed by atoms with Crippen LogP contribution in [-0.4, -0.2) is 25.2 Å². The second-order valence-corrected chi connectivity index (χ2v) is 9.87. The zero-order valence-corrected chi connectivity index (χ0v) is 18.6. The van der Waals surface area contributed by atoms with Crippen molar-refractivity contribution in [3.63, 3.8) is 0 Å². The van der Waals surface area contributed by atoms with E-state index in [1.165, 1.54) is 22.5 Å². The number of nitrogens with one attached hydrogen (secondary N) is 1. The van der Waals surface area contributed by atoms with E-state index >= 15 is 0 Å². The minimum absolute atomic E-state index is 0.0161. The van der Waals surface area contributed by atoms with E-state index in [0.717, 1.165) is 35.4 Å². The average molecular weight is 495 g/mol. The van der Waals surface area contributed by atoms with Gasteiger partial charge in [-0.25, -0.2) is 8.42 Å². The van der Waals surface area contributed by atoms with Gasteiger partial charge in [-0.3, -0.25) is 4.79 Å². The van der Waals surface area contributed by atoms with Crippen LogP contribution < -0.4 is 5.32 Å². The number of rotatable bonds is 4.